The third-order valence-electron chi connectivity index (χ3n) is 5.64. The van der Waals surface area contributed by atoms with Gasteiger partial charge < -0.3 is 9.88 Å². The third kappa shape index (κ3) is 4.80. The van der Waals surface area contributed by atoms with Crippen molar-refractivity contribution in [3.63, 3.8) is 0 Å². The van der Waals surface area contributed by atoms with E-state index in [4.69, 9.17) is 23.2 Å². The number of halogens is 2. The van der Waals surface area contributed by atoms with Crippen LogP contribution in [0.25, 0.3) is 17.0 Å². The fraction of sp³-hybridized carbons (Fsp3) is 0.111. The number of nitriles is 1. The fourth-order valence-electron chi connectivity index (χ4n) is 3.83. The first-order valence-corrected chi connectivity index (χ1v) is 11.1. The Kier molecular flexibility index (Phi) is 6.55. The van der Waals surface area contributed by atoms with Crippen LogP contribution in [0, 0.1) is 25.2 Å². The highest BCUT2D eigenvalue weighted by Gasteiger charge is 2.17. The van der Waals surface area contributed by atoms with Gasteiger partial charge in [0.15, 0.2) is 0 Å². The van der Waals surface area contributed by atoms with Gasteiger partial charge >= 0.3 is 0 Å². The molecule has 1 amide bonds. The molecule has 4 rings (SSSR count). The van der Waals surface area contributed by atoms with Crippen LogP contribution in [-0.2, 0) is 11.3 Å². The first-order valence-electron chi connectivity index (χ1n) is 10.4. The molecule has 1 aromatic heterocycles. The maximum Gasteiger partial charge on any atom is 0.266 e. The summed E-state index contributed by atoms with van der Waals surface area (Å²) < 4.78 is 2.18. The SMILES string of the molecule is Cc1ccc(Cl)cc1NC(=O)/C(C#N)=C\c1c(C)n(Cc2ccc(Cl)cc2)c2ccccc12. The number of carbonyl (C=O) groups excluding carboxylic acids is 1. The number of fused-ring (bicyclic) bond motifs is 1. The largest absolute Gasteiger partial charge is 0.340 e. The predicted octanol–water partition coefficient (Wildman–Crippen LogP) is 7.16. The third-order valence-corrected chi connectivity index (χ3v) is 6.12. The number of nitrogens with one attached hydrogen (secondary N) is 1. The van der Waals surface area contributed by atoms with E-state index in [9.17, 15) is 10.1 Å². The van der Waals surface area contributed by atoms with Gasteiger partial charge in [0.25, 0.3) is 5.91 Å². The second-order valence-electron chi connectivity index (χ2n) is 7.81. The average molecular weight is 474 g/mol. The summed E-state index contributed by atoms with van der Waals surface area (Å²) in [7, 11) is 0. The van der Waals surface area contributed by atoms with Crippen LogP contribution < -0.4 is 5.32 Å². The van der Waals surface area contributed by atoms with Crippen molar-refractivity contribution < 1.29 is 4.79 Å². The van der Waals surface area contributed by atoms with Crippen LogP contribution in [0.4, 0.5) is 5.69 Å². The van der Waals surface area contributed by atoms with E-state index in [0.717, 1.165) is 33.3 Å². The molecule has 0 radical (unpaired) electrons. The molecule has 0 spiro atoms. The number of para-hydroxylation sites is 1. The van der Waals surface area contributed by atoms with E-state index in [1.807, 2.05) is 68.4 Å². The van der Waals surface area contributed by atoms with Gasteiger partial charge in [-0.1, -0.05) is 59.6 Å². The summed E-state index contributed by atoms with van der Waals surface area (Å²) in [5, 5.41) is 14.8. The summed E-state index contributed by atoms with van der Waals surface area (Å²) in [5.74, 6) is -0.475. The molecule has 4 aromatic rings. The average Bonchev–Trinajstić information content (AvgIpc) is 3.06. The van der Waals surface area contributed by atoms with Crippen LogP contribution in [0.15, 0.2) is 72.3 Å². The lowest BCUT2D eigenvalue weighted by molar-refractivity contribution is -0.112. The number of carbonyl (C=O) groups is 1. The highest BCUT2D eigenvalue weighted by Crippen LogP contribution is 2.29. The molecule has 0 aliphatic rings. The molecule has 0 saturated heterocycles. The fourth-order valence-corrected chi connectivity index (χ4v) is 4.13. The Morgan fingerprint density at radius 1 is 1.03 bits per heavy atom. The van der Waals surface area contributed by atoms with Gasteiger partial charge in [-0.25, -0.2) is 0 Å². The van der Waals surface area contributed by atoms with Gasteiger partial charge in [-0.15, -0.1) is 0 Å². The van der Waals surface area contributed by atoms with Crippen LogP contribution in [-0.4, -0.2) is 10.5 Å². The first kappa shape index (κ1) is 22.7. The summed E-state index contributed by atoms with van der Waals surface area (Å²) >= 11 is 12.1. The molecule has 3 aromatic carbocycles. The van der Waals surface area contributed by atoms with E-state index in [1.165, 1.54) is 0 Å². The minimum Gasteiger partial charge on any atom is -0.340 e. The lowest BCUT2D eigenvalue weighted by atomic mass is 10.1. The number of nitrogens with zero attached hydrogens (tertiary/aromatic N) is 2. The van der Waals surface area contributed by atoms with Gasteiger partial charge in [0.2, 0.25) is 0 Å². The topological polar surface area (TPSA) is 57.8 Å². The Hall–Kier alpha value is -3.52. The molecule has 6 heteroatoms. The van der Waals surface area contributed by atoms with Gasteiger partial charge in [-0.3, -0.25) is 4.79 Å². The molecule has 0 aliphatic heterocycles. The molecule has 0 atom stereocenters. The highest BCUT2D eigenvalue weighted by molar-refractivity contribution is 6.31. The summed E-state index contributed by atoms with van der Waals surface area (Å²) in [6.45, 7) is 4.51. The van der Waals surface area contributed by atoms with E-state index in [0.29, 0.717) is 22.3 Å². The van der Waals surface area contributed by atoms with Crippen molar-refractivity contribution in [3.8, 4) is 6.07 Å². The van der Waals surface area contributed by atoms with Gasteiger partial charge in [-0.2, -0.15) is 5.26 Å². The van der Waals surface area contributed by atoms with E-state index < -0.39 is 5.91 Å². The second kappa shape index (κ2) is 9.54. The molecule has 0 fully saturated rings. The number of aryl methyl sites for hydroxylation is 1. The molecule has 1 heterocycles. The molecular weight excluding hydrogens is 453 g/mol. The second-order valence-corrected chi connectivity index (χ2v) is 8.68. The van der Waals surface area contributed by atoms with Crippen LogP contribution >= 0.6 is 23.2 Å². The number of benzene rings is 3. The van der Waals surface area contributed by atoms with Crippen molar-refractivity contribution in [1.29, 1.82) is 5.26 Å². The summed E-state index contributed by atoms with van der Waals surface area (Å²) in [6, 6.07) is 23.0. The van der Waals surface area contributed by atoms with Crippen LogP contribution in [0.5, 0.6) is 0 Å². The predicted molar refractivity (Wildman–Crippen MR) is 136 cm³/mol. The Bertz CT molecular complexity index is 1430. The lowest BCUT2D eigenvalue weighted by Crippen LogP contribution is -2.14. The summed E-state index contributed by atoms with van der Waals surface area (Å²) in [4.78, 5) is 12.9. The van der Waals surface area contributed by atoms with Crippen LogP contribution in [0.1, 0.15) is 22.4 Å². The number of hydrogen-bond acceptors (Lipinski definition) is 2. The number of hydrogen-bond donors (Lipinski definition) is 1. The lowest BCUT2D eigenvalue weighted by Gasteiger charge is -2.09. The quantitative estimate of drug-likeness (QED) is 0.247. The Balaban J connectivity index is 1.74. The number of anilines is 1. The monoisotopic (exact) mass is 473 g/mol. The van der Waals surface area contributed by atoms with Gasteiger partial charge in [0.1, 0.15) is 11.6 Å². The summed E-state index contributed by atoms with van der Waals surface area (Å²) in [6.07, 6.45) is 1.66. The molecule has 164 valence electrons. The van der Waals surface area contributed by atoms with E-state index in [1.54, 1.807) is 18.2 Å². The number of amides is 1. The summed E-state index contributed by atoms with van der Waals surface area (Å²) in [5.41, 5.74) is 5.40. The van der Waals surface area contributed by atoms with Crippen molar-refractivity contribution in [2.45, 2.75) is 20.4 Å². The zero-order valence-electron chi connectivity index (χ0n) is 18.2. The zero-order chi connectivity index (χ0) is 23.5. The van der Waals surface area contributed by atoms with Gasteiger partial charge in [-0.05, 0) is 61.4 Å². The van der Waals surface area contributed by atoms with Crippen molar-refractivity contribution in [2.75, 3.05) is 5.32 Å². The number of aromatic nitrogens is 1. The normalized spacial score (nSPS) is 11.4. The minimum absolute atomic E-state index is 0.0203. The maximum atomic E-state index is 12.9. The maximum absolute atomic E-state index is 12.9. The standard InChI is InChI=1S/C27H21Cl2N3O/c1-17-7-10-22(29)14-25(17)31-27(33)20(15-30)13-24-18(2)32(26-6-4-3-5-23(24)26)16-19-8-11-21(28)12-9-19/h3-14H,16H2,1-2H3,(H,31,33)/b20-13-. The Morgan fingerprint density at radius 2 is 1.73 bits per heavy atom. The van der Waals surface area contributed by atoms with Gasteiger partial charge in [0, 0.05) is 44.4 Å². The first-order chi connectivity index (χ1) is 15.9. The highest BCUT2D eigenvalue weighted by atomic mass is 35.5. The molecule has 33 heavy (non-hydrogen) atoms. The van der Waals surface area contributed by atoms with Gasteiger partial charge in [0.05, 0.1) is 0 Å². The van der Waals surface area contributed by atoms with E-state index in [2.05, 4.69) is 16.0 Å². The Morgan fingerprint density at radius 3 is 2.45 bits per heavy atom. The van der Waals surface area contributed by atoms with E-state index in [-0.39, 0.29) is 5.57 Å². The van der Waals surface area contributed by atoms with Crippen molar-refractivity contribution >= 4 is 51.8 Å². The zero-order valence-corrected chi connectivity index (χ0v) is 19.7. The van der Waals surface area contributed by atoms with Crippen molar-refractivity contribution in [2.24, 2.45) is 0 Å². The molecule has 0 bridgehead atoms. The van der Waals surface area contributed by atoms with E-state index >= 15 is 0 Å². The molecule has 0 aliphatic carbocycles. The minimum atomic E-state index is -0.475. The molecule has 4 nitrogen and oxygen atoms in total. The molecule has 0 unspecified atom stereocenters. The van der Waals surface area contributed by atoms with Crippen molar-refractivity contribution in [3.05, 3.63) is 105 Å². The Labute approximate surface area is 202 Å². The van der Waals surface area contributed by atoms with Crippen LogP contribution in [0.3, 0.4) is 0 Å². The van der Waals surface area contributed by atoms with Crippen molar-refractivity contribution in [1.82, 2.24) is 4.57 Å². The number of rotatable bonds is 5. The molecule has 0 saturated carbocycles. The molecular formula is C27H21Cl2N3O. The van der Waals surface area contributed by atoms with Crippen LogP contribution in [0.2, 0.25) is 10.0 Å². The molecule has 1 N–H and O–H groups in total. The smallest absolute Gasteiger partial charge is 0.266 e.